The first-order valence-electron chi connectivity index (χ1n) is 6.11. The number of sulfone groups is 1. The van der Waals surface area contributed by atoms with Crippen molar-refractivity contribution in [2.75, 3.05) is 30.9 Å². The molecule has 1 aromatic carbocycles. The molecule has 20 heavy (non-hydrogen) atoms. The Hall–Kier alpha value is -0.570. The predicted molar refractivity (Wildman–Crippen MR) is 80.4 cm³/mol. The summed E-state index contributed by atoms with van der Waals surface area (Å²) in [5.74, 6) is 1.54. The first-order chi connectivity index (χ1) is 9.23. The van der Waals surface area contributed by atoms with Gasteiger partial charge in [0.1, 0.15) is 0 Å². The summed E-state index contributed by atoms with van der Waals surface area (Å²) in [5.41, 5.74) is 0.565. The van der Waals surface area contributed by atoms with Crippen LogP contribution in [0, 0.1) is 6.92 Å². The van der Waals surface area contributed by atoms with Crippen LogP contribution in [0.1, 0.15) is 5.56 Å². The Bertz CT molecular complexity index is 704. The fraction of sp³-hybridized carbons (Fsp3) is 0.500. The minimum Gasteiger partial charge on any atom is -0.224 e. The summed E-state index contributed by atoms with van der Waals surface area (Å²) < 4.78 is 49.8. The molecule has 1 aliphatic rings. The monoisotopic (exact) mass is 335 g/mol. The number of sulfonamides is 1. The molecule has 0 saturated carbocycles. The van der Waals surface area contributed by atoms with Gasteiger partial charge in [-0.15, -0.1) is 0 Å². The van der Waals surface area contributed by atoms with Crippen LogP contribution in [0.15, 0.2) is 28.0 Å². The van der Waals surface area contributed by atoms with Crippen molar-refractivity contribution in [1.82, 2.24) is 4.31 Å². The average molecular weight is 335 g/mol. The standard InChI is InChI=1S/C12H17NO4S3/c1-10-3-4-11(19(2,14)15)9-12(10)20(16,17)13-5-7-18-8-6-13/h3-4,9H,5-8H2,1-2H3. The molecule has 0 N–H and O–H groups in total. The van der Waals surface area contributed by atoms with Crippen LogP contribution < -0.4 is 0 Å². The topological polar surface area (TPSA) is 71.5 Å². The Kier molecular flexibility index (Phi) is 4.48. The van der Waals surface area contributed by atoms with Crippen LogP contribution in [0.25, 0.3) is 0 Å². The first kappa shape index (κ1) is 15.8. The molecule has 1 fully saturated rings. The Morgan fingerprint density at radius 2 is 1.70 bits per heavy atom. The minimum atomic E-state index is -3.62. The van der Waals surface area contributed by atoms with E-state index in [4.69, 9.17) is 0 Å². The van der Waals surface area contributed by atoms with Crippen molar-refractivity contribution in [2.24, 2.45) is 0 Å². The van der Waals surface area contributed by atoms with Gasteiger partial charge in [-0.2, -0.15) is 16.1 Å². The maximum Gasteiger partial charge on any atom is 0.243 e. The Morgan fingerprint density at radius 1 is 1.10 bits per heavy atom. The number of rotatable bonds is 3. The number of hydrogen-bond acceptors (Lipinski definition) is 5. The van der Waals surface area contributed by atoms with E-state index in [-0.39, 0.29) is 9.79 Å². The molecule has 1 saturated heterocycles. The Labute approximate surface area is 124 Å². The molecule has 0 bridgehead atoms. The van der Waals surface area contributed by atoms with Crippen LogP contribution in [0.5, 0.6) is 0 Å². The summed E-state index contributed by atoms with van der Waals surface area (Å²) >= 11 is 1.72. The number of thioether (sulfide) groups is 1. The van der Waals surface area contributed by atoms with Crippen LogP contribution in [-0.4, -0.2) is 52.0 Å². The summed E-state index contributed by atoms with van der Waals surface area (Å²) in [6, 6.07) is 4.25. The van der Waals surface area contributed by atoms with Gasteiger partial charge < -0.3 is 0 Å². The van der Waals surface area contributed by atoms with E-state index in [1.54, 1.807) is 24.8 Å². The van der Waals surface area contributed by atoms with Gasteiger partial charge in [-0.1, -0.05) is 6.07 Å². The van der Waals surface area contributed by atoms with Crippen molar-refractivity contribution in [3.8, 4) is 0 Å². The van der Waals surface area contributed by atoms with Crippen molar-refractivity contribution in [3.05, 3.63) is 23.8 Å². The van der Waals surface area contributed by atoms with Crippen LogP contribution in [0.2, 0.25) is 0 Å². The van der Waals surface area contributed by atoms with Crippen LogP contribution in [0.3, 0.4) is 0 Å². The molecule has 8 heteroatoms. The molecule has 0 atom stereocenters. The van der Waals surface area contributed by atoms with E-state index < -0.39 is 19.9 Å². The smallest absolute Gasteiger partial charge is 0.224 e. The second kappa shape index (κ2) is 5.67. The van der Waals surface area contributed by atoms with E-state index in [9.17, 15) is 16.8 Å². The van der Waals surface area contributed by atoms with E-state index >= 15 is 0 Å². The van der Waals surface area contributed by atoms with Gasteiger partial charge in [0, 0.05) is 30.9 Å². The third kappa shape index (κ3) is 3.19. The molecule has 0 unspecified atom stereocenters. The third-order valence-corrected chi connectivity index (χ3v) is 7.27. The van der Waals surface area contributed by atoms with E-state index in [1.165, 1.54) is 16.4 Å². The van der Waals surface area contributed by atoms with Crippen molar-refractivity contribution >= 4 is 31.6 Å². The van der Waals surface area contributed by atoms with E-state index in [0.717, 1.165) is 17.8 Å². The van der Waals surface area contributed by atoms with Gasteiger partial charge in [0.2, 0.25) is 10.0 Å². The molecule has 0 amide bonds. The average Bonchev–Trinajstić information content (AvgIpc) is 2.38. The van der Waals surface area contributed by atoms with Crippen LogP contribution in [0.4, 0.5) is 0 Å². The highest BCUT2D eigenvalue weighted by Crippen LogP contribution is 2.25. The summed E-state index contributed by atoms with van der Waals surface area (Å²) in [4.78, 5) is 0.125. The number of benzene rings is 1. The van der Waals surface area contributed by atoms with Crippen molar-refractivity contribution < 1.29 is 16.8 Å². The third-order valence-electron chi connectivity index (χ3n) is 3.18. The number of aryl methyl sites for hydroxylation is 1. The molecule has 0 aromatic heterocycles. The van der Waals surface area contributed by atoms with Gasteiger partial charge in [0.25, 0.3) is 0 Å². The molecule has 1 aromatic rings. The highest BCUT2D eigenvalue weighted by atomic mass is 32.2. The number of nitrogens with zero attached hydrogens (tertiary/aromatic N) is 1. The molecular formula is C12H17NO4S3. The Morgan fingerprint density at radius 3 is 2.25 bits per heavy atom. The maximum absolute atomic E-state index is 12.6. The van der Waals surface area contributed by atoms with Crippen LogP contribution >= 0.6 is 11.8 Å². The number of hydrogen-bond donors (Lipinski definition) is 0. The van der Waals surface area contributed by atoms with Gasteiger partial charge in [-0.3, -0.25) is 0 Å². The van der Waals surface area contributed by atoms with E-state index in [0.29, 0.717) is 18.7 Å². The zero-order valence-corrected chi connectivity index (χ0v) is 13.8. The first-order valence-corrected chi connectivity index (χ1v) is 10.6. The van der Waals surface area contributed by atoms with Gasteiger partial charge in [-0.05, 0) is 24.6 Å². The van der Waals surface area contributed by atoms with Gasteiger partial charge in [0.05, 0.1) is 9.79 Å². The summed E-state index contributed by atoms with van der Waals surface area (Å²) in [6.45, 7) is 2.61. The summed E-state index contributed by atoms with van der Waals surface area (Å²) in [7, 11) is -7.04. The quantitative estimate of drug-likeness (QED) is 0.828. The van der Waals surface area contributed by atoms with Gasteiger partial charge in [0.15, 0.2) is 9.84 Å². The molecular weight excluding hydrogens is 318 g/mol. The zero-order valence-electron chi connectivity index (χ0n) is 11.4. The largest absolute Gasteiger partial charge is 0.243 e. The lowest BCUT2D eigenvalue weighted by Crippen LogP contribution is -2.38. The van der Waals surface area contributed by atoms with Crippen molar-refractivity contribution in [1.29, 1.82) is 0 Å². The SMILES string of the molecule is Cc1ccc(S(C)(=O)=O)cc1S(=O)(=O)N1CCSCC1. The molecule has 2 rings (SSSR count). The molecule has 1 heterocycles. The summed E-state index contributed by atoms with van der Waals surface area (Å²) in [5, 5.41) is 0. The molecule has 112 valence electrons. The molecule has 0 radical (unpaired) electrons. The second-order valence-electron chi connectivity index (χ2n) is 4.72. The van der Waals surface area contributed by atoms with Crippen molar-refractivity contribution in [3.63, 3.8) is 0 Å². The highest BCUT2D eigenvalue weighted by molar-refractivity contribution is 7.99. The minimum absolute atomic E-state index is 0.0352. The highest BCUT2D eigenvalue weighted by Gasteiger charge is 2.28. The van der Waals surface area contributed by atoms with Crippen LogP contribution in [-0.2, 0) is 19.9 Å². The molecule has 0 spiro atoms. The normalized spacial score (nSPS) is 18.1. The van der Waals surface area contributed by atoms with Gasteiger partial charge >= 0.3 is 0 Å². The molecule has 5 nitrogen and oxygen atoms in total. The fourth-order valence-electron chi connectivity index (χ4n) is 2.02. The van der Waals surface area contributed by atoms with E-state index in [1.807, 2.05) is 0 Å². The zero-order chi connectivity index (χ0) is 15.0. The maximum atomic E-state index is 12.6. The molecule has 1 aliphatic heterocycles. The lowest BCUT2D eigenvalue weighted by atomic mass is 10.2. The lowest BCUT2D eigenvalue weighted by molar-refractivity contribution is 0.443. The lowest BCUT2D eigenvalue weighted by Gasteiger charge is -2.26. The van der Waals surface area contributed by atoms with Crippen molar-refractivity contribution in [2.45, 2.75) is 16.7 Å². The molecule has 0 aliphatic carbocycles. The predicted octanol–water partition coefficient (Wildman–Crippen LogP) is 1.14. The second-order valence-corrected chi connectivity index (χ2v) is 9.86. The van der Waals surface area contributed by atoms with Gasteiger partial charge in [-0.25, -0.2) is 16.8 Å². The van der Waals surface area contributed by atoms with E-state index in [2.05, 4.69) is 0 Å². The Balaban J connectivity index is 2.50. The fourth-order valence-corrected chi connectivity index (χ4v) is 5.56. The summed E-state index contributed by atoms with van der Waals surface area (Å²) in [6.07, 6.45) is 1.08.